The van der Waals surface area contributed by atoms with Crippen LogP contribution in [0.15, 0.2) is 127 Å². The molecule has 0 unspecified atom stereocenters. The summed E-state index contributed by atoms with van der Waals surface area (Å²) in [4.78, 5) is 5.01. The molecule has 0 spiro atoms. The van der Waals surface area contributed by atoms with Crippen molar-refractivity contribution >= 4 is 32.8 Å². The van der Waals surface area contributed by atoms with Crippen molar-refractivity contribution in [3.8, 4) is 22.8 Å². The summed E-state index contributed by atoms with van der Waals surface area (Å²) < 4.78 is 4.58. The Morgan fingerprint density at radius 2 is 0.941 bits per heavy atom. The summed E-state index contributed by atoms with van der Waals surface area (Å²) in [5.74, 6) is 0.946. The lowest BCUT2D eigenvalue weighted by Gasteiger charge is -2.11. The van der Waals surface area contributed by atoms with Crippen molar-refractivity contribution in [1.82, 2.24) is 14.1 Å². The predicted molar refractivity (Wildman–Crippen MR) is 141 cm³/mol. The molecular weight excluding hydrogens is 414 g/mol. The van der Waals surface area contributed by atoms with E-state index in [1.807, 2.05) is 12.1 Å². The van der Waals surface area contributed by atoms with Crippen LogP contribution in [-0.4, -0.2) is 14.1 Å². The number of fused-ring (bicyclic) bond motifs is 4. The average Bonchev–Trinajstić information content (AvgIpc) is 3.46. The van der Waals surface area contributed by atoms with E-state index >= 15 is 0 Å². The third-order valence-electron chi connectivity index (χ3n) is 6.54. The van der Waals surface area contributed by atoms with Crippen molar-refractivity contribution < 1.29 is 0 Å². The van der Waals surface area contributed by atoms with Crippen molar-refractivity contribution in [1.29, 1.82) is 0 Å². The van der Waals surface area contributed by atoms with E-state index in [4.69, 9.17) is 4.98 Å². The van der Waals surface area contributed by atoms with Gasteiger partial charge in [0.1, 0.15) is 5.82 Å². The number of aromatic nitrogens is 3. The van der Waals surface area contributed by atoms with E-state index in [9.17, 15) is 0 Å². The maximum absolute atomic E-state index is 5.01. The van der Waals surface area contributed by atoms with Crippen LogP contribution in [0.25, 0.3) is 55.6 Å². The van der Waals surface area contributed by atoms with E-state index in [1.54, 1.807) is 0 Å². The maximum atomic E-state index is 5.01. The minimum Gasteiger partial charge on any atom is -0.309 e. The molecule has 2 heterocycles. The minimum absolute atomic E-state index is 0.946. The number of rotatable bonds is 3. The molecule has 5 aromatic carbocycles. The van der Waals surface area contributed by atoms with Crippen LogP contribution in [0.4, 0.5) is 0 Å². The first-order chi connectivity index (χ1) is 16.9. The fourth-order valence-electron chi connectivity index (χ4n) is 5.02. The van der Waals surface area contributed by atoms with Crippen LogP contribution in [0.3, 0.4) is 0 Å². The number of nitrogens with zero attached hydrogens (tertiary/aromatic N) is 3. The Labute approximate surface area is 197 Å². The number of hydrogen-bond donors (Lipinski definition) is 0. The van der Waals surface area contributed by atoms with Crippen LogP contribution in [-0.2, 0) is 0 Å². The third-order valence-corrected chi connectivity index (χ3v) is 6.54. The standard InChI is InChI=1S/C31H21N3/c1-2-10-23(11-3-1)34-30-17-9-6-14-27(30)32-31(34)22-18-20-24(21-19-22)33-28-15-7-4-12-25(28)26-13-5-8-16-29(26)33/h1-21H. The molecule has 2 aromatic heterocycles. The zero-order valence-electron chi connectivity index (χ0n) is 18.5. The lowest BCUT2D eigenvalue weighted by atomic mass is 10.1. The molecule has 3 nitrogen and oxygen atoms in total. The molecule has 0 radical (unpaired) electrons. The molecule has 0 amide bonds. The molecule has 160 valence electrons. The molecule has 0 atom stereocenters. The second kappa shape index (κ2) is 7.46. The van der Waals surface area contributed by atoms with Gasteiger partial charge < -0.3 is 4.57 Å². The van der Waals surface area contributed by atoms with Crippen LogP contribution in [0.1, 0.15) is 0 Å². The number of benzene rings is 5. The van der Waals surface area contributed by atoms with Gasteiger partial charge in [0.05, 0.1) is 22.1 Å². The Morgan fingerprint density at radius 1 is 0.412 bits per heavy atom. The summed E-state index contributed by atoms with van der Waals surface area (Å²) in [7, 11) is 0. The van der Waals surface area contributed by atoms with Gasteiger partial charge >= 0.3 is 0 Å². The van der Waals surface area contributed by atoms with Crippen molar-refractivity contribution in [2.24, 2.45) is 0 Å². The lowest BCUT2D eigenvalue weighted by molar-refractivity contribution is 1.10. The fraction of sp³-hybridized carbons (Fsp3) is 0. The molecule has 0 saturated heterocycles. The van der Waals surface area contributed by atoms with E-state index in [0.29, 0.717) is 0 Å². The minimum atomic E-state index is 0.946. The quantitative estimate of drug-likeness (QED) is 0.278. The van der Waals surface area contributed by atoms with Crippen LogP contribution in [0, 0.1) is 0 Å². The summed E-state index contributed by atoms with van der Waals surface area (Å²) in [6, 6.07) is 44.7. The Kier molecular flexibility index (Phi) is 4.15. The summed E-state index contributed by atoms with van der Waals surface area (Å²) in [5.41, 5.74) is 7.87. The van der Waals surface area contributed by atoms with Gasteiger partial charge in [0.2, 0.25) is 0 Å². The van der Waals surface area contributed by atoms with Crippen molar-refractivity contribution in [2.75, 3.05) is 0 Å². The summed E-state index contributed by atoms with van der Waals surface area (Å²) in [5, 5.41) is 2.54. The highest BCUT2D eigenvalue weighted by Gasteiger charge is 2.15. The SMILES string of the molecule is c1ccc(-n2c(-c3ccc(-n4c5ccccc5c5ccccc54)cc3)nc3ccccc32)cc1. The molecule has 0 aliphatic rings. The molecule has 0 bridgehead atoms. The van der Waals surface area contributed by atoms with Gasteiger partial charge in [-0.15, -0.1) is 0 Å². The predicted octanol–water partition coefficient (Wildman–Crippen LogP) is 7.79. The van der Waals surface area contributed by atoms with E-state index in [0.717, 1.165) is 33.8 Å². The van der Waals surface area contributed by atoms with Gasteiger partial charge in [0.15, 0.2) is 0 Å². The molecule has 7 aromatic rings. The van der Waals surface area contributed by atoms with E-state index in [2.05, 4.69) is 124 Å². The molecule has 0 aliphatic heterocycles. The fourth-order valence-corrected chi connectivity index (χ4v) is 5.02. The summed E-state index contributed by atoms with van der Waals surface area (Å²) in [6.45, 7) is 0. The van der Waals surface area contributed by atoms with E-state index < -0.39 is 0 Å². The monoisotopic (exact) mass is 435 g/mol. The largest absolute Gasteiger partial charge is 0.309 e. The van der Waals surface area contributed by atoms with Crippen molar-refractivity contribution in [3.63, 3.8) is 0 Å². The molecule has 0 fully saturated rings. The zero-order valence-corrected chi connectivity index (χ0v) is 18.5. The number of imidazole rings is 1. The molecule has 0 saturated carbocycles. The van der Waals surface area contributed by atoms with Crippen LogP contribution in [0.2, 0.25) is 0 Å². The van der Waals surface area contributed by atoms with Gasteiger partial charge in [0.25, 0.3) is 0 Å². The lowest BCUT2D eigenvalue weighted by Crippen LogP contribution is -1.98. The topological polar surface area (TPSA) is 22.8 Å². The first-order valence-corrected chi connectivity index (χ1v) is 11.5. The van der Waals surface area contributed by atoms with Gasteiger partial charge in [0, 0.05) is 27.7 Å². The molecule has 0 aliphatic carbocycles. The smallest absolute Gasteiger partial charge is 0.145 e. The molecular formula is C31H21N3. The zero-order chi connectivity index (χ0) is 22.5. The third kappa shape index (κ3) is 2.81. The average molecular weight is 436 g/mol. The number of para-hydroxylation sites is 5. The molecule has 7 rings (SSSR count). The van der Waals surface area contributed by atoms with Gasteiger partial charge in [-0.1, -0.05) is 66.7 Å². The summed E-state index contributed by atoms with van der Waals surface area (Å²) in [6.07, 6.45) is 0. The highest BCUT2D eigenvalue weighted by atomic mass is 15.1. The van der Waals surface area contributed by atoms with Gasteiger partial charge in [-0.3, -0.25) is 4.57 Å². The van der Waals surface area contributed by atoms with Crippen LogP contribution in [0.5, 0.6) is 0 Å². The first kappa shape index (κ1) is 18.9. The normalized spacial score (nSPS) is 11.5. The Bertz CT molecular complexity index is 1740. The van der Waals surface area contributed by atoms with Gasteiger partial charge in [-0.05, 0) is 60.7 Å². The highest BCUT2D eigenvalue weighted by molar-refractivity contribution is 6.09. The van der Waals surface area contributed by atoms with Crippen LogP contribution < -0.4 is 0 Å². The highest BCUT2D eigenvalue weighted by Crippen LogP contribution is 2.33. The first-order valence-electron chi connectivity index (χ1n) is 11.5. The number of hydrogen-bond acceptors (Lipinski definition) is 1. The van der Waals surface area contributed by atoms with Crippen molar-refractivity contribution in [3.05, 3.63) is 127 Å². The maximum Gasteiger partial charge on any atom is 0.145 e. The second-order valence-electron chi connectivity index (χ2n) is 8.51. The second-order valence-corrected chi connectivity index (χ2v) is 8.51. The molecule has 3 heteroatoms. The Balaban J connectivity index is 1.42. The molecule has 0 N–H and O–H groups in total. The summed E-state index contributed by atoms with van der Waals surface area (Å²) >= 11 is 0. The van der Waals surface area contributed by atoms with E-state index in [-0.39, 0.29) is 0 Å². The Morgan fingerprint density at radius 3 is 1.62 bits per heavy atom. The van der Waals surface area contributed by atoms with Gasteiger partial charge in [-0.2, -0.15) is 0 Å². The van der Waals surface area contributed by atoms with Gasteiger partial charge in [-0.25, -0.2) is 4.98 Å². The van der Waals surface area contributed by atoms with Crippen LogP contribution >= 0.6 is 0 Å². The Hall–Kier alpha value is -4.63. The molecule has 34 heavy (non-hydrogen) atoms. The van der Waals surface area contributed by atoms with E-state index in [1.165, 1.54) is 21.8 Å². The van der Waals surface area contributed by atoms with Crippen molar-refractivity contribution in [2.45, 2.75) is 0 Å².